The van der Waals surface area contributed by atoms with Gasteiger partial charge in [0.15, 0.2) is 5.82 Å². The van der Waals surface area contributed by atoms with Gasteiger partial charge in [-0.15, -0.1) is 0 Å². The van der Waals surface area contributed by atoms with Gasteiger partial charge < -0.3 is 5.32 Å². The molecule has 0 bridgehead atoms. The van der Waals surface area contributed by atoms with Crippen molar-refractivity contribution in [3.8, 4) is 0 Å². The molecule has 0 saturated heterocycles. The number of carbonyl (C=O) groups excluding carboxylic acids is 2. The summed E-state index contributed by atoms with van der Waals surface area (Å²) in [5, 5.41) is 2.68. The molecule has 1 aromatic heterocycles. The highest BCUT2D eigenvalue weighted by Gasteiger charge is 2.34. The number of nitrogens with zero attached hydrogens (tertiary/aromatic N) is 2. The van der Waals surface area contributed by atoms with Gasteiger partial charge in [0.2, 0.25) is 11.8 Å². The van der Waals surface area contributed by atoms with Crippen molar-refractivity contribution < 1.29 is 9.59 Å². The van der Waals surface area contributed by atoms with E-state index in [0.29, 0.717) is 11.5 Å². The lowest BCUT2D eigenvalue weighted by Gasteiger charge is -2.34. The summed E-state index contributed by atoms with van der Waals surface area (Å²) >= 11 is 3.34. The molecule has 1 aliphatic heterocycles. The van der Waals surface area contributed by atoms with Crippen LogP contribution in [0, 0.1) is 5.92 Å². The Morgan fingerprint density at radius 3 is 2.94 bits per heavy atom. The Balaban J connectivity index is 1.97. The summed E-state index contributed by atoms with van der Waals surface area (Å²) in [6, 6.07) is 1.82. The number of hydrogen-bond donors (Lipinski definition) is 1. The van der Waals surface area contributed by atoms with Crippen LogP contribution in [0.15, 0.2) is 16.7 Å². The number of carbonyl (C=O) groups is 2. The predicted octanol–water partition coefficient (Wildman–Crippen LogP) is 1.93. The minimum atomic E-state index is -0.190. The fourth-order valence-electron chi connectivity index (χ4n) is 2.20. The summed E-state index contributed by atoms with van der Waals surface area (Å²) < 4.78 is 0.795. The highest BCUT2D eigenvalue weighted by molar-refractivity contribution is 9.10. The summed E-state index contributed by atoms with van der Waals surface area (Å²) in [5.41, 5.74) is 0.681. The molecule has 0 unspecified atom stereocenters. The molecule has 1 saturated carbocycles. The monoisotopic (exact) mass is 309 g/mol. The number of pyridine rings is 1. The third-order valence-electron chi connectivity index (χ3n) is 3.40. The van der Waals surface area contributed by atoms with Crippen molar-refractivity contribution in [3.05, 3.63) is 16.7 Å². The fourth-order valence-corrected chi connectivity index (χ4v) is 2.52. The molecule has 1 aliphatic carbocycles. The molecule has 6 heteroatoms. The van der Waals surface area contributed by atoms with E-state index in [2.05, 4.69) is 26.2 Å². The lowest BCUT2D eigenvalue weighted by atomic mass is 9.84. The maximum atomic E-state index is 12.3. The van der Waals surface area contributed by atoms with Gasteiger partial charge in [-0.2, -0.15) is 0 Å². The van der Waals surface area contributed by atoms with Crippen LogP contribution in [0.5, 0.6) is 0 Å². The number of hydrogen-bond acceptors (Lipinski definition) is 3. The fraction of sp³-hybridized carbons (Fsp3) is 0.417. The van der Waals surface area contributed by atoms with Crippen molar-refractivity contribution in [1.29, 1.82) is 0 Å². The molecule has 2 heterocycles. The topological polar surface area (TPSA) is 62.3 Å². The van der Waals surface area contributed by atoms with Crippen LogP contribution in [0.3, 0.4) is 0 Å². The highest BCUT2D eigenvalue weighted by Crippen LogP contribution is 2.35. The van der Waals surface area contributed by atoms with E-state index in [4.69, 9.17) is 0 Å². The Labute approximate surface area is 113 Å². The van der Waals surface area contributed by atoms with Crippen molar-refractivity contribution in [2.75, 3.05) is 16.8 Å². The van der Waals surface area contributed by atoms with E-state index in [1.165, 1.54) is 0 Å². The Kier molecular flexibility index (Phi) is 2.81. The second kappa shape index (κ2) is 4.35. The van der Waals surface area contributed by atoms with E-state index in [1.807, 2.05) is 6.07 Å². The summed E-state index contributed by atoms with van der Waals surface area (Å²) in [4.78, 5) is 29.6. The molecule has 18 heavy (non-hydrogen) atoms. The van der Waals surface area contributed by atoms with Crippen LogP contribution < -0.4 is 10.2 Å². The van der Waals surface area contributed by atoms with Gasteiger partial charge in [0.05, 0.1) is 5.69 Å². The average molecular weight is 310 g/mol. The zero-order valence-electron chi connectivity index (χ0n) is 9.65. The van der Waals surface area contributed by atoms with Crippen molar-refractivity contribution >= 4 is 39.2 Å². The van der Waals surface area contributed by atoms with Crippen molar-refractivity contribution in [2.45, 2.75) is 19.3 Å². The molecule has 2 aliphatic rings. The third-order valence-corrected chi connectivity index (χ3v) is 3.84. The summed E-state index contributed by atoms with van der Waals surface area (Å²) in [6.07, 6.45) is 4.55. The van der Waals surface area contributed by atoms with Crippen LogP contribution in [-0.4, -0.2) is 23.3 Å². The molecule has 0 radical (unpaired) electrons. The minimum Gasteiger partial charge on any atom is -0.307 e. The molecule has 1 fully saturated rings. The second-order valence-corrected chi connectivity index (χ2v) is 5.54. The first-order chi connectivity index (χ1) is 8.65. The Morgan fingerprint density at radius 1 is 1.50 bits per heavy atom. The van der Waals surface area contributed by atoms with Gasteiger partial charge in [-0.05, 0) is 34.8 Å². The van der Waals surface area contributed by atoms with Gasteiger partial charge in [0.25, 0.3) is 0 Å². The van der Waals surface area contributed by atoms with Gasteiger partial charge in [-0.3, -0.25) is 14.5 Å². The quantitative estimate of drug-likeness (QED) is 0.862. The molecule has 0 spiro atoms. The first kappa shape index (κ1) is 11.6. The number of nitrogens with one attached hydrogen (secondary N) is 1. The van der Waals surface area contributed by atoms with Gasteiger partial charge in [-0.1, -0.05) is 6.42 Å². The lowest BCUT2D eigenvalue weighted by molar-refractivity contribution is -0.126. The molecule has 1 aromatic rings. The Morgan fingerprint density at radius 2 is 2.28 bits per heavy atom. The Hall–Kier alpha value is -1.43. The van der Waals surface area contributed by atoms with Gasteiger partial charge in [0.1, 0.15) is 6.54 Å². The normalized spacial score (nSPS) is 18.9. The number of fused-ring (bicyclic) bond motifs is 1. The van der Waals surface area contributed by atoms with Crippen molar-refractivity contribution in [3.63, 3.8) is 0 Å². The number of anilines is 2. The van der Waals surface area contributed by atoms with E-state index >= 15 is 0 Å². The number of aromatic nitrogens is 1. The molecular weight excluding hydrogens is 298 g/mol. The molecule has 0 aromatic carbocycles. The molecule has 1 N–H and O–H groups in total. The summed E-state index contributed by atoms with van der Waals surface area (Å²) in [6.45, 7) is 0.0838. The minimum absolute atomic E-state index is 0.0391. The molecule has 5 nitrogen and oxygen atoms in total. The molecule has 94 valence electrons. The van der Waals surface area contributed by atoms with E-state index in [-0.39, 0.29) is 24.3 Å². The lowest BCUT2D eigenvalue weighted by Crippen LogP contribution is -2.46. The number of rotatable bonds is 1. The van der Waals surface area contributed by atoms with Crippen molar-refractivity contribution in [2.24, 2.45) is 5.92 Å². The third kappa shape index (κ3) is 1.90. The summed E-state index contributed by atoms with van der Waals surface area (Å²) in [5.74, 6) is 0.382. The van der Waals surface area contributed by atoms with Crippen LogP contribution >= 0.6 is 15.9 Å². The maximum Gasteiger partial charge on any atom is 0.245 e. The van der Waals surface area contributed by atoms with Crippen LogP contribution in [0.2, 0.25) is 0 Å². The van der Waals surface area contributed by atoms with E-state index in [1.54, 1.807) is 11.1 Å². The molecule has 0 atom stereocenters. The number of amides is 2. The van der Waals surface area contributed by atoms with Crippen LogP contribution in [0.1, 0.15) is 19.3 Å². The first-order valence-electron chi connectivity index (χ1n) is 5.92. The predicted molar refractivity (Wildman–Crippen MR) is 70.3 cm³/mol. The van der Waals surface area contributed by atoms with Crippen molar-refractivity contribution in [1.82, 2.24) is 4.98 Å². The maximum absolute atomic E-state index is 12.3. The van der Waals surface area contributed by atoms with Crippen LogP contribution in [-0.2, 0) is 9.59 Å². The van der Waals surface area contributed by atoms with Gasteiger partial charge >= 0.3 is 0 Å². The second-order valence-electron chi connectivity index (χ2n) is 4.62. The summed E-state index contributed by atoms with van der Waals surface area (Å²) in [7, 11) is 0. The highest BCUT2D eigenvalue weighted by atomic mass is 79.9. The van der Waals surface area contributed by atoms with E-state index in [0.717, 1.165) is 23.7 Å². The van der Waals surface area contributed by atoms with E-state index < -0.39 is 0 Å². The first-order valence-corrected chi connectivity index (χ1v) is 6.71. The van der Waals surface area contributed by atoms with Crippen LogP contribution in [0.25, 0.3) is 0 Å². The molecule has 3 rings (SSSR count). The van der Waals surface area contributed by atoms with E-state index in [9.17, 15) is 9.59 Å². The zero-order chi connectivity index (χ0) is 12.7. The van der Waals surface area contributed by atoms with Gasteiger partial charge in [-0.25, -0.2) is 4.98 Å². The van der Waals surface area contributed by atoms with Crippen LogP contribution in [0.4, 0.5) is 11.5 Å². The smallest absolute Gasteiger partial charge is 0.245 e. The SMILES string of the molecule is O=C1CN(C(=O)C2CCC2)c2cc(Br)cnc2N1. The number of halogens is 1. The Bertz CT molecular complexity index is 528. The largest absolute Gasteiger partial charge is 0.307 e. The molecule has 2 amide bonds. The standard InChI is InChI=1S/C12H12BrN3O2/c13-8-4-9-11(14-5-8)15-10(17)6-16(9)12(18)7-2-1-3-7/h4-5,7H,1-3,6H2,(H,14,15,17). The van der Waals surface area contributed by atoms with Gasteiger partial charge in [0, 0.05) is 16.6 Å². The molecular formula is C12H12BrN3O2. The zero-order valence-corrected chi connectivity index (χ0v) is 11.2. The average Bonchev–Trinajstić information content (AvgIpc) is 2.26.